The zero-order valence-electron chi connectivity index (χ0n) is 15.1. The largest absolute Gasteiger partial charge is 0.490 e. The maximum Gasteiger partial charge on any atom is 0.240 e. The quantitative estimate of drug-likeness (QED) is 0.676. The molecule has 2 heterocycles. The molecule has 0 unspecified atom stereocenters. The Morgan fingerprint density at radius 1 is 0.923 bits per heavy atom. The molecule has 0 radical (unpaired) electrons. The second-order valence-electron chi connectivity index (χ2n) is 5.29. The highest BCUT2D eigenvalue weighted by atomic mass is 35.5. The molecule has 8 heteroatoms. The summed E-state index contributed by atoms with van der Waals surface area (Å²) in [5, 5.41) is 4.16. The predicted octanol–water partition coefficient (Wildman–Crippen LogP) is 3.60. The maximum atomic E-state index is 5.77. The van der Waals surface area contributed by atoms with Gasteiger partial charge in [-0.2, -0.15) is 4.98 Å². The van der Waals surface area contributed by atoms with Gasteiger partial charge >= 0.3 is 0 Å². The number of nitrogens with two attached hydrogens (primary N) is 1. The van der Waals surface area contributed by atoms with Crippen molar-refractivity contribution < 1.29 is 14.2 Å². The van der Waals surface area contributed by atoms with E-state index in [0.717, 1.165) is 11.1 Å². The molecule has 2 N–H and O–H groups in total. The molecule has 0 aliphatic heterocycles. The Labute approximate surface area is 158 Å². The molecule has 0 aliphatic rings. The van der Waals surface area contributed by atoms with Crippen LogP contribution in [-0.4, -0.2) is 34.4 Å². The van der Waals surface area contributed by atoms with E-state index in [1.165, 1.54) is 0 Å². The van der Waals surface area contributed by atoms with Gasteiger partial charge in [0.25, 0.3) is 0 Å². The van der Waals surface area contributed by atoms with Crippen LogP contribution in [0.2, 0.25) is 0 Å². The molecule has 0 amide bonds. The number of nitrogen functional groups attached to an aromatic ring is 1. The third-order valence-corrected chi connectivity index (χ3v) is 3.59. The average molecular weight is 379 g/mol. The fraction of sp³-hybridized carbons (Fsp3) is 0.333. The van der Waals surface area contributed by atoms with Crippen LogP contribution in [0.15, 0.2) is 30.5 Å². The van der Waals surface area contributed by atoms with Gasteiger partial charge in [0.2, 0.25) is 11.7 Å². The van der Waals surface area contributed by atoms with Crippen molar-refractivity contribution in [3.05, 3.63) is 30.5 Å². The van der Waals surface area contributed by atoms with E-state index in [1.807, 2.05) is 51.2 Å². The van der Waals surface area contributed by atoms with E-state index >= 15 is 0 Å². The summed E-state index contributed by atoms with van der Waals surface area (Å²) in [6.45, 7) is 7.41. The molecular weight excluding hydrogens is 356 g/mol. The van der Waals surface area contributed by atoms with Crippen LogP contribution in [0.4, 0.5) is 5.95 Å². The summed E-state index contributed by atoms with van der Waals surface area (Å²) in [6, 6.07) is 7.72. The molecule has 0 atom stereocenters. The molecule has 0 fully saturated rings. The Bertz CT molecular complexity index is 855. The maximum absolute atomic E-state index is 5.77. The van der Waals surface area contributed by atoms with Gasteiger partial charge in [0.15, 0.2) is 17.1 Å². The van der Waals surface area contributed by atoms with E-state index in [-0.39, 0.29) is 18.4 Å². The Morgan fingerprint density at radius 2 is 1.54 bits per heavy atom. The number of aromatic nitrogens is 3. The minimum absolute atomic E-state index is 0. The summed E-state index contributed by atoms with van der Waals surface area (Å²) in [7, 11) is 0. The lowest BCUT2D eigenvalue weighted by molar-refractivity contribution is 0.261. The van der Waals surface area contributed by atoms with Crippen molar-refractivity contribution in [2.24, 2.45) is 0 Å². The third kappa shape index (κ3) is 3.94. The van der Waals surface area contributed by atoms with Gasteiger partial charge in [0, 0.05) is 11.8 Å². The molecule has 3 rings (SSSR count). The minimum atomic E-state index is 0. The molecule has 1 aromatic carbocycles. The van der Waals surface area contributed by atoms with Crippen LogP contribution in [0, 0.1) is 0 Å². The third-order valence-electron chi connectivity index (χ3n) is 3.59. The SMILES string of the molecule is CCOc1cc(-c2ccc3nc(N)nn3c2)cc(OCC)c1OCC.Cl. The number of hydrogen-bond acceptors (Lipinski definition) is 6. The molecule has 2 aromatic heterocycles. The van der Waals surface area contributed by atoms with Crippen LogP contribution < -0.4 is 19.9 Å². The van der Waals surface area contributed by atoms with Crippen molar-refractivity contribution in [3.63, 3.8) is 0 Å². The monoisotopic (exact) mass is 378 g/mol. The zero-order valence-corrected chi connectivity index (χ0v) is 15.9. The van der Waals surface area contributed by atoms with Gasteiger partial charge < -0.3 is 19.9 Å². The van der Waals surface area contributed by atoms with Gasteiger partial charge in [0.05, 0.1) is 19.8 Å². The lowest BCUT2D eigenvalue weighted by Crippen LogP contribution is -2.03. The van der Waals surface area contributed by atoms with Gasteiger partial charge in [0.1, 0.15) is 0 Å². The van der Waals surface area contributed by atoms with Gasteiger partial charge in [-0.15, -0.1) is 17.5 Å². The van der Waals surface area contributed by atoms with Gasteiger partial charge in [-0.3, -0.25) is 0 Å². The van der Waals surface area contributed by atoms with Crippen molar-refractivity contribution in [2.75, 3.05) is 25.6 Å². The fourth-order valence-electron chi connectivity index (χ4n) is 2.63. The number of anilines is 1. The summed E-state index contributed by atoms with van der Waals surface area (Å²) in [5.74, 6) is 2.18. The first-order valence-electron chi connectivity index (χ1n) is 8.35. The minimum Gasteiger partial charge on any atom is -0.490 e. The number of ether oxygens (including phenoxy) is 3. The van der Waals surface area contributed by atoms with Crippen LogP contribution in [0.25, 0.3) is 16.8 Å². The van der Waals surface area contributed by atoms with Crippen LogP contribution in [0.1, 0.15) is 20.8 Å². The number of halogens is 1. The van der Waals surface area contributed by atoms with Crippen molar-refractivity contribution >= 4 is 24.0 Å². The lowest BCUT2D eigenvalue weighted by atomic mass is 10.1. The van der Waals surface area contributed by atoms with Crippen molar-refractivity contribution in [1.82, 2.24) is 14.6 Å². The Kier molecular flexibility index (Phi) is 6.52. The van der Waals surface area contributed by atoms with Crippen molar-refractivity contribution in [1.29, 1.82) is 0 Å². The molecule has 0 saturated heterocycles. The van der Waals surface area contributed by atoms with E-state index in [4.69, 9.17) is 19.9 Å². The van der Waals surface area contributed by atoms with E-state index < -0.39 is 0 Å². The molecule has 0 aliphatic carbocycles. The molecule has 26 heavy (non-hydrogen) atoms. The summed E-state index contributed by atoms with van der Waals surface area (Å²) in [4.78, 5) is 4.14. The Balaban J connectivity index is 0.00000243. The van der Waals surface area contributed by atoms with Crippen molar-refractivity contribution in [2.45, 2.75) is 20.8 Å². The van der Waals surface area contributed by atoms with E-state index in [1.54, 1.807) is 4.52 Å². The summed E-state index contributed by atoms with van der Waals surface area (Å²) < 4.78 is 18.9. The molecular formula is C18H23ClN4O3. The summed E-state index contributed by atoms with van der Waals surface area (Å²) in [5.41, 5.74) is 8.24. The normalized spacial score (nSPS) is 10.4. The van der Waals surface area contributed by atoms with Gasteiger partial charge in [-0.05, 0) is 50.6 Å². The molecule has 0 spiro atoms. The number of rotatable bonds is 7. The number of fused-ring (bicyclic) bond motifs is 1. The number of pyridine rings is 1. The zero-order chi connectivity index (χ0) is 17.8. The predicted molar refractivity (Wildman–Crippen MR) is 104 cm³/mol. The number of hydrogen-bond donors (Lipinski definition) is 1. The molecule has 0 saturated carbocycles. The lowest BCUT2D eigenvalue weighted by Gasteiger charge is -2.17. The molecule has 140 valence electrons. The highest BCUT2D eigenvalue weighted by Gasteiger charge is 2.16. The Hall–Kier alpha value is -2.67. The second-order valence-corrected chi connectivity index (χ2v) is 5.29. The highest BCUT2D eigenvalue weighted by Crippen LogP contribution is 2.41. The summed E-state index contributed by atoms with van der Waals surface area (Å²) >= 11 is 0. The van der Waals surface area contributed by atoms with E-state index in [9.17, 15) is 0 Å². The topological polar surface area (TPSA) is 83.9 Å². The summed E-state index contributed by atoms with van der Waals surface area (Å²) in [6.07, 6.45) is 1.87. The Morgan fingerprint density at radius 3 is 2.12 bits per heavy atom. The van der Waals surface area contributed by atoms with Crippen LogP contribution >= 0.6 is 12.4 Å². The van der Waals surface area contributed by atoms with E-state index in [0.29, 0.717) is 42.7 Å². The average Bonchev–Trinajstić information content (AvgIpc) is 2.97. The number of benzene rings is 1. The standard InChI is InChI=1S/C18H22N4O3.ClH/c1-4-23-14-9-13(10-15(24-5-2)17(14)25-6-3)12-7-8-16-20-18(19)21-22(16)11-12;/h7-11H,4-6H2,1-3H3,(H2,19,21);1H. The van der Waals surface area contributed by atoms with Crippen molar-refractivity contribution in [3.8, 4) is 28.4 Å². The number of nitrogens with zero attached hydrogens (tertiary/aromatic N) is 3. The highest BCUT2D eigenvalue weighted by molar-refractivity contribution is 5.85. The molecule has 0 bridgehead atoms. The van der Waals surface area contributed by atoms with Gasteiger partial charge in [-0.1, -0.05) is 0 Å². The molecule has 3 aromatic rings. The fourth-order valence-corrected chi connectivity index (χ4v) is 2.63. The van der Waals surface area contributed by atoms with Crippen LogP contribution in [0.5, 0.6) is 17.2 Å². The van der Waals surface area contributed by atoms with E-state index in [2.05, 4.69) is 10.1 Å². The second kappa shape index (κ2) is 8.62. The molecule has 7 nitrogen and oxygen atoms in total. The smallest absolute Gasteiger partial charge is 0.240 e. The van der Waals surface area contributed by atoms with Gasteiger partial charge in [-0.25, -0.2) is 4.52 Å². The first-order chi connectivity index (χ1) is 12.2. The van der Waals surface area contributed by atoms with Crippen LogP contribution in [0.3, 0.4) is 0 Å². The van der Waals surface area contributed by atoms with Crippen LogP contribution in [-0.2, 0) is 0 Å². The first kappa shape index (κ1) is 19.7. The first-order valence-corrected chi connectivity index (χ1v) is 8.35.